The Morgan fingerprint density at radius 3 is 2.53 bits per heavy atom. The van der Waals surface area contributed by atoms with Gasteiger partial charge in [0.15, 0.2) is 0 Å². The van der Waals surface area contributed by atoms with E-state index in [1.54, 1.807) is 18.2 Å². The number of carboxylic acids is 1. The van der Waals surface area contributed by atoms with Crippen LogP contribution in [0.1, 0.15) is 16.0 Å². The third-order valence-electron chi connectivity index (χ3n) is 2.50. The topological polar surface area (TPSA) is 61.1 Å². The monoisotopic (exact) mass is 289 g/mol. The molecule has 0 radical (unpaired) electrons. The Bertz CT molecular complexity index is 631. The lowest BCUT2D eigenvalue weighted by atomic mass is 10.0. The van der Waals surface area contributed by atoms with Crippen LogP contribution in [0.4, 0.5) is 0 Å². The molecule has 0 heterocycles. The first kappa shape index (κ1) is 11.6. The SMILES string of the molecule is N#Cc1ccc2cc(C(Br)C(=O)O)ccc2c1. The van der Waals surface area contributed by atoms with Crippen LogP contribution in [0.2, 0.25) is 0 Å². The van der Waals surface area contributed by atoms with Gasteiger partial charge in [0.1, 0.15) is 4.83 Å². The quantitative estimate of drug-likeness (QED) is 0.864. The molecular formula is C13H8BrNO2. The average Bonchev–Trinajstić information content (AvgIpc) is 2.36. The van der Waals surface area contributed by atoms with Gasteiger partial charge in [0.2, 0.25) is 0 Å². The van der Waals surface area contributed by atoms with Crippen molar-refractivity contribution < 1.29 is 9.90 Å². The number of nitrogens with zero attached hydrogens (tertiary/aromatic N) is 1. The van der Waals surface area contributed by atoms with E-state index in [0.29, 0.717) is 11.1 Å². The lowest BCUT2D eigenvalue weighted by Crippen LogP contribution is -2.03. The van der Waals surface area contributed by atoms with E-state index in [2.05, 4.69) is 22.0 Å². The Kier molecular flexibility index (Phi) is 3.12. The summed E-state index contributed by atoms with van der Waals surface area (Å²) in [6.45, 7) is 0. The molecule has 0 bridgehead atoms. The summed E-state index contributed by atoms with van der Waals surface area (Å²) in [6.07, 6.45) is 0. The first-order chi connectivity index (χ1) is 8.11. The Balaban J connectivity index is 2.53. The standard InChI is InChI=1S/C13H8BrNO2/c14-12(13(16)17)11-4-3-9-5-8(7-15)1-2-10(9)6-11/h1-6,12H,(H,16,17). The number of alkyl halides is 1. The fraction of sp³-hybridized carbons (Fsp3) is 0.0769. The van der Waals surface area contributed by atoms with Gasteiger partial charge in [-0.25, -0.2) is 0 Å². The second-order valence-electron chi connectivity index (χ2n) is 3.63. The van der Waals surface area contributed by atoms with Crippen molar-refractivity contribution in [2.75, 3.05) is 0 Å². The van der Waals surface area contributed by atoms with Crippen LogP contribution in [0.15, 0.2) is 36.4 Å². The number of carbonyl (C=O) groups is 1. The third kappa shape index (κ3) is 2.29. The summed E-state index contributed by atoms with van der Waals surface area (Å²) in [5.74, 6) is -0.919. The highest BCUT2D eigenvalue weighted by Crippen LogP contribution is 2.26. The highest BCUT2D eigenvalue weighted by atomic mass is 79.9. The van der Waals surface area contributed by atoms with Gasteiger partial charge in [-0.1, -0.05) is 34.1 Å². The van der Waals surface area contributed by atoms with Crippen LogP contribution in [0, 0.1) is 11.3 Å². The highest BCUT2D eigenvalue weighted by molar-refractivity contribution is 9.09. The summed E-state index contributed by atoms with van der Waals surface area (Å²) in [7, 11) is 0. The summed E-state index contributed by atoms with van der Waals surface area (Å²) < 4.78 is 0. The van der Waals surface area contributed by atoms with Crippen molar-refractivity contribution in [2.45, 2.75) is 4.83 Å². The molecule has 4 heteroatoms. The van der Waals surface area contributed by atoms with Gasteiger partial charge in [-0.15, -0.1) is 0 Å². The van der Waals surface area contributed by atoms with Crippen molar-refractivity contribution in [1.29, 1.82) is 5.26 Å². The van der Waals surface area contributed by atoms with E-state index in [-0.39, 0.29) is 0 Å². The number of fused-ring (bicyclic) bond motifs is 1. The van der Waals surface area contributed by atoms with Gasteiger partial charge in [0, 0.05) is 0 Å². The van der Waals surface area contributed by atoms with E-state index >= 15 is 0 Å². The summed E-state index contributed by atoms with van der Waals surface area (Å²) in [4.78, 5) is 10.1. The molecule has 0 aromatic heterocycles. The lowest BCUT2D eigenvalue weighted by Gasteiger charge is -2.06. The molecule has 0 spiro atoms. The average molecular weight is 290 g/mol. The highest BCUT2D eigenvalue weighted by Gasteiger charge is 2.15. The van der Waals surface area contributed by atoms with Gasteiger partial charge in [-0.05, 0) is 34.5 Å². The van der Waals surface area contributed by atoms with Crippen molar-refractivity contribution in [3.63, 3.8) is 0 Å². The van der Waals surface area contributed by atoms with Gasteiger partial charge in [0.05, 0.1) is 11.6 Å². The zero-order valence-electron chi connectivity index (χ0n) is 8.72. The number of nitriles is 1. The maximum absolute atomic E-state index is 10.8. The number of halogens is 1. The minimum atomic E-state index is -0.919. The summed E-state index contributed by atoms with van der Waals surface area (Å²) >= 11 is 3.11. The van der Waals surface area contributed by atoms with Gasteiger partial charge in [-0.3, -0.25) is 4.79 Å². The molecule has 0 saturated heterocycles. The van der Waals surface area contributed by atoms with Crippen LogP contribution < -0.4 is 0 Å². The van der Waals surface area contributed by atoms with Crippen molar-refractivity contribution in [3.8, 4) is 6.07 Å². The molecule has 0 aliphatic heterocycles. The first-order valence-corrected chi connectivity index (χ1v) is 5.84. The number of benzene rings is 2. The van der Waals surface area contributed by atoms with Crippen LogP contribution in [0.25, 0.3) is 10.8 Å². The number of hydrogen-bond acceptors (Lipinski definition) is 2. The second-order valence-corrected chi connectivity index (χ2v) is 4.55. The third-order valence-corrected chi connectivity index (χ3v) is 3.42. The minimum absolute atomic E-state index is 0.596. The van der Waals surface area contributed by atoms with E-state index in [9.17, 15) is 4.79 Å². The van der Waals surface area contributed by atoms with Gasteiger partial charge >= 0.3 is 5.97 Å². The Morgan fingerprint density at radius 1 is 1.24 bits per heavy atom. The van der Waals surface area contributed by atoms with Crippen molar-refractivity contribution in [3.05, 3.63) is 47.5 Å². The molecule has 0 aliphatic carbocycles. The molecule has 2 rings (SSSR count). The van der Waals surface area contributed by atoms with E-state index in [0.717, 1.165) is 10.8 Å². The molecule has 2 aromatic rings. The number of rotatable bonds is 2. The molecule has 2 aromatic carbocycles. The zero-order chi connectivity index (χ0) is 12.4. The molecule has 1 N–H and O–H groups in total. The molecule has 0 fully saturated rings. The first-order valence-electron chi connectivity index (χ1n) is 4.92. The zero-order valence-corrected chi connectivity index (χ0v) is 10.3. The predicted octanol–water partition coefficient (Wildman–Crippen LogP) is 3.23. The van der Waals surface area contributed by atoms with Crippen LogP contribution in [-0.2, 0) is 4.79 Å². The molecular weight excluding hydrogens is 282 g/mol. The van der Waals surface area contributed by atoms with E-state index < -0.39 is 10.8 Å². The molecule has 17 heavy (non-hydrogen) atoms. The number of hydrogen-bond donors (Lipinski definition) is 1. The van der Waals surface area contributed by atoms with E-state index in [1.165, 1.54) is 0 Å². The summed E-state index contributed by atoms with van der Waals surface area (Å²) in [6, 6.07) is 12.8. The largest absolute Gasteiger partial charge is 0.480 e. The fourth-order valence-corrected chi connectivity index (χ4v) is 1.92. The molecule has 1 unspecified atom stereocenters. The maximum atomic E-state index is 10.8. The molecule has 0 aliphatic rings. The number of aliphatic carboxylic acids is 1. The van der Waals surface area contributed by atoms with Crippen LogP contribution in [0.3, 0.4) is 0 Å². The lowest BCUT2D eigenvalue weighted by molar-refractivity contribution is -0.136. The second kappa shape index (κ2) is 4.56. The van der Waals surface area contributed by atoms with Crippen LogP contribution in [-0.4, -0.2) is 11.1 Å². The fourth-order valence-electron chi connectivity index (χ4n) is 1.63. The van der Waals surface area contributed by atoms with Gasteiger partial charge in [-0.2, -0.15) is 5.26 Å². The normalized spacial score (nSPS) is 12.0. The van der Waals surface area contributed by atoms with Crippen LogP contribution >= 0.6 is 15.9 Å². The summed E-state index contributed by atoms with van der Waals surface area (Å²) in [5.41, 5.74) is 1.29. The van der Waals surface area contributed by atoms with Crippen molar-refractivity contribution in [1.82, 2.24) is 0 Å². The Hall–Kier alpha value is -1.86. The summed E-state index contributed by atoms with van der Waals surface area (Å²) in [5, 5.41) is 19.5. The molecule has 1 atom stereocenters. The van der Waals surface area contributed by atoms with Gasteiger partial charge in [0.25, 0.3) is 0 Å². The smallest absolute Gasteiger partial charge is 0.321 e. The maximum Gasteiger partial charge on any atom is 0.321 e. The number of carboxylic acid groups (broad SMARTS) is 1. The van der Waals surface area contributed by atoms with Gasteiger partial charge < -0.3 is 5.11 Å². The van der Waals surface area contributed by atoms with Crippen molar-refractivity contribution >= 4 is 32.7 Å². The minimum Gasteiger partial charge on any atom is -0.480 e. The molecule has 3 nitrogen and oxygen atoms in total. The predicted molar refractivity (Wildman–Crippen MR) is 68.0 cm³/mol. The molecule has 0 amide bonds. The Morgan fingerprint density at radius 2 is 1.88 bits per heavy atom. The van der Waals surface area contributed by atoms with Crippen molar-refractivity contribution in [2.24, 2.45) is 0 Å². The van der Waals surface area contributed by atoms with Crippen LogP contribution in [0.5, 0.6) is 0 Å². The van der Waals surface area contributed by atoms with E-state index in [1.807, 2.05) is 18.2 Å². The Labute approximate surface area is 106 Å². The van der Waals surface area contributed by atoms with E-state index in [4.69, 9.17) is 10.4 Å². The molecule has 84 valence electrons. The molecule has 0 saturated carbocycles.